The molecule has 0 bridgehead atoms. The fourth-order valence-corrected chi connectivity index (χ4v) is 2.57. The van der Waals surface area contributed by atoms with Crippen molar-refractivity contribution in [1.82, 2.24) is 3.97 Å². The largest absolute Gasteiger partial charge is 0.481 e. The van der Waals surface area contributed by atoms with Crippen molar-refractivity contribution in [2.24, 2.45) is 0 Å². The molecule has 78 valence electrons. The van der Waals surface area contributed by atoms with E-state index in [1.165, 1.54) is 12.1 Å². The molecule has 1 aromatic heterocycles. The molecule has 0 saturated carbocycles. The van der Waals surface area contributed by atoms with Crippen LogP contribution in [0.1, 0.15) is 5.69 Å². The first-order chi connectivity index (χ1) is 6.32. The number of aromatic nitrogens is 1. The summed E-state index contributed by atoms with van der Waals surface area (Å²) in [6, 6.07) is 2.72. The van der Waals surface area contributed by atoms with E-state index in [1.54, 1.807) is 0 Å². The molecule has 1 N–H and O–H groups in total. The third-order valence-electron chi connectivity index (χ3n) is 1.53. The Morgan fingerprint density at radius 2 is 2.14 bits per heavy atom. The Morgan fingerprint density at radius 3 is 2.57 bits per heavy atom. The van der Waals surface area contributed by atoms with Crippen molar-refractivity contribution in [3.8, 4) is 0 Å². The van der Waals surface area contributed by atoms with E-state index < -0.39 is 16.0 Å². The van der Waals surface area contributed by atoms with Gasteiger partial charge in [-0.1, -0.05) is 11.6 Å². The van der Waals surface area contributed by atoms with Crippen LogP contribution in [-0.4, -0.2) is 29.7 Å². The number of halogens is 1. The third-order valence-corrected chi connectivity index (χ3v) is 3.02. The molecular formula is C7H8ClNO4S. The second kappa shape index (κ2) is 3.62. The molecule has 0 fully saturated rings. The molecule has 5 nitrogen and oxygen atoms in total. The van der Waals surface area contributed by atoms with Gasteiger partial charge >= 0.3 is 5.97 Å². The zero-order valence-electron chi connectivity index (χ0n) is 7.27. The molecule has 0 spiro atoms. The Kier molecular flexibility index (Phi) is 2.86. The second-order valence-corrected chi connectivity index (χ2v) is 4.96. The van der Waals surface area contributed by atoms with Crippen LogP contribution in [0.5, 0.6) is 0 Å². The lowest BCUT2D eigenvalue weighted by molar-refractivity contribution is -0.136. The smallest absolute Gasteiger partial charge is 0.309 e. The van der Waals surface area contributed by atoms with Crippen molar-refractivity contribution >= 4 is 27.6 Å². The van der Waals surface area contributed by atoms with Gasteiger partial charge in [-0.3, -0.25) is 4.79 Å². The van der Waals surface area contributed by atoms with E-state index >= 15 is 0 Å². The standard InChI is InChI=1S/C7H8ClNO4S/c1-14(12,13)9-5(4-7(10)11)2-3-6(9)8/h2-3H,4H2,1H3,(H,10,11). The van der Waals surface area contributed by atoms with Crippen LogP contribution in [0, 0.1) is 0 Å². The van der Waals surface area contributed by atoms with Gasteiger partial charge in [0.1, 0.15) is 5.15 Å². The van der Waals surface area contributed by atoms with Gasteiger partial charge < -0.3 is 5.11 Å². The van der Waals surface area contributed by atoms with Crippen LogP contribution in [0.4, 0.5) is 0 Å². The van der Waals surface area contributed by atoms with Crippen molar-refractivity contribution in [3.05, 3.63) is 23.0 Å². The maximum Gasteiger partial charge on any atom is 0.309 e. The molecule has 0 unspecified atom stereocenters. The quantitative estimate of drug-likeness (QED) is 0.834. The summed E-state index contributed by atoms with van der Waals surface area (Å²) in [5.41, 5.74) is 0.144. The van der Waals surface area contributed by atoms with Crippen LogP contribution < -0.4 is 0 Å². The summed E-state index contributed by atoms with van der Waals surface area (Å²) in [5, 5.41) is 8.50. The van der Waals surface area contributed by atoms with Crippen LogP contribution >= 0.6 is 11.6 Å². The Bertz CT molecular complexity index is 462. The number of hydrogen-bond acceptors (Lipinski definition) is 3. The molecule has 0 atom stereocenters. The van der Waals surface area contributed by atoms with E-state index in [0.717, 1.165) is 10.2 Å². The van der Waals surface area contributed by atoms with Crippen molar-refractivity contribution < 1.29 is 18.3 Å². The van der Waals surface area contributed by atoms with Crippen molar-refractivity contribution in [3.63, 3.8) is 0 Å². The summed E-state index contributed by atoms with van der Waals surface area (Å²) in [5.74, 6) is -1.11. The van der Waals surface area contributed by atoms with E-state index in [1.807, 2.05) is 0 Å². The number of hydrogen-bond donors (Lipinski definition) is 1. The van der Waals surface area contributed by atoms with Gasteiger partial charge in [-0.2, -0.15) is 0 Å². The summed E-state index contributed by atoms with van der Waals surface area (Å²) >= 11 is 5.60. The lowest BCUT2D eigenvalue weighted by Gasteiger charge is -2.05. The maximum atomic E-state index is 11.2. The highest BCUT2D eigenvalue weighted by atomic mass is 35.5. The molecule has 0 amide bonds. The monoisotopic (exact) mass is 237 g/mol. The number of rotatable bonds is 3. The lowest BCUT2D eigenvalue weighted by atomic mass is 10.3. The molecule has 7 heteroatoms. The lowest BCUT2D eigenvalue weighted by Crippen LogP contribution is -2.15. The van der Waals surface area contributed by atoms with Crippen LogP contribution in [0.2, 0.25) is 5.15 Å². The minimum Gasteiger partial charge on any atom is -0.481 e. The van der Waals surface area contributed by atoms with Crippen molar-refractivity contribution in [2.45, 2.75) is 6.42 Å². The average Bonchev–Trinajstić information content (AvgIpc) is 2.28. The average molecular weight is 238 g/mol. The first-order valence-electron chi connectivity index (χ1n) is 3.61. The van der Waals surface area contributed by atoms with E-state index in [-0.39, 0.29) is 17.3 Å². The van der Waals surface area contributed by atoms with Crippen LogP contribution in [0.15, 0.2) is 12.1 Å². The summed E-state index contributed by atoms with van der Waals surface area (Å²) in [6.07, 6.45) is 0.587. The van der Waals surface area contributed by atoms with Crippen molar-refractivity contribution in [1.29, 1.82) is 0 Å². The van der Waals surface area contributed by atoms with E-state index in [4.69, 9.17) is 16.7 Å². The van der Waals surface area contributed by atoms with Crippen molar-refractivity contribution in [2.75, 3.05) is 6.26 Å². The Morgan fingerprint density at radius 1 is 1.57 bits per heavy atom. The Balaban J connectivity index is 3.27. The van der Waals surface area contributed by atoms with Gasteiger partial charge in [-0.05, 0) is 12.1 Å². The number of carbonyl (C=O) groups is 1. The zero-order valence-corrected chi connectivity index (χ0v) is 8.84. The van der Waals surface area contributed by atoms with Gasteiger partial charge in [0.2, 0.25) is 10.0 Å². The molecule has 0 saturated heterocycles. The van der Waals surface area contributed by atoms with E-state index in [0.29, 0.717) is 0 Å². The molecular weight excluding hydrogens is 230 g/mol. The SMILES string of the molecule is CS(=O)(=O)n1c(Cl)ccc1CC(=O)O. The number of carboxylic acids is 1. The highest BCUT2D eigenvalue weighted by molar-refractivity contribution is 7.89. The molecule has 1 heterocycles. The van der Waals surface area contributed by atoms with E-state index in [2.05, 4.69) is 0 Å². The van der Waals surface area contributed by atoms with Gasteiger partial charge in [0.15, 0.2) is 0 Å². The van der Waals surface area contributed by atoms with E-state index in [9.17, 15) is 13.2 Å². The molecule has 0 aliphatic rings. The van der Waals surface area contributed by atoms with Crippen LogP contribution in [-0.2, 0) is 21.2 Å². The highest BCUT2D eigenvalue weighted by Crippen LogP contribution is 2.17. The topological polar surface area (TPSA) is 76.4 Å². The van der Waals surface area contributed by atoms with Gasteiger partial charge in [0.25, 0.3) is 0 Å². The predicted molar refractivity (Wildman–Crippen MR) is 51.0 cm³/mol. The van der Waals surface area contributed by atoms with Gasteiger partial charge in [-0.25, -0.2) is 12.4 Å². The molecule has 1 rings (SSSR count). The summed E-state index contributed by atoms with van der Waals surface area (Å²) in [6.45, 7) is 0. The zero-order chi connectivity index (χ0) is 10.9. The van der Waals surface area contributed by atoms with Crippen LogP contribution in [0.3, 0.4) is 0 Å². The molecule has 0 aliphatic heterocycles. The molecule has 0 aliphatic carbocycles. The molecule has 0 aromatic carbocycles. The molecule has 0 radical (unpaired) electrons. The van der Waals surface area contributed by atoms with Gasteiger partial charge in [-0.15, -0.1) is 0 Å². The number of aliphatic carboxylic acids is 1. The first-order valence-corrected chi connectivity index (χ1v) is 5.83. The minimum absolute atomic E-state index is 0.0104. The fraction of sp³-hybridized carbons (Fsp3) is 0.286. The number of carboxylic acid groups (broad SMARTS) is 1. The van der Waals surface area contributed by atoms with Crippen LogP contribution in [0.25, 0.3) is 0 Å². The van der Waals surface area contributed by atoms with Gasteiger partial charge in [0.05, 0.1) is 12.7 Å². The Labute approximate surface area is 86.0 Å². The summed E-state index contributed by atoms with van der Waals surface area (Å²) in [7, 11) is -3.55. The predicted octanol–water partition coefficient (Wildman–Crippen LogP) is 0.576. The minimum atomic E-state index is -3.55. The molecule has 14 heavy (non-hydrogen) atoms. The fourth-order valence-electron chi connectivity index (χ4n) is 1.09. The molecule has 1 aromatic rings. The normalized spacial score (nSPS) is 11.6. The summed E-state index contributed by atoms with van der Waals surface area (Å²) in [4.78, 5) is 10.4. The first kappa shape index (κ1) is 11.1. The number of nitrogens with zero attached hydrogens (tertiary/aromatic N) is 1. The third kappa shape index (κ3) is 2.27. The van der Waals surface area contributed by atoms with Gasteiger partial charge in [0, 0.05) is 5.69 Å². The second-order valence-electron chi connectivity index (χ2n) is 2.75. The maximum absolute atomic E-state index is 11.2. The highest BCUT2D eigenvalue weighted by Gasteiger charge is 2.16. The Hall–Kier alpha value is -1.01. The summed E-state index contributed by atoms with van der Waals surface area (Å²) < 4.78 is 23.2.